The summed E-state index contributed by atoms with van der Waals surface area (Å²) < 4.78 is 41.4. The van der Waals surface area contributed by atoms with Crippen molar-refractivity contribution in [3.63, 3.8) is 0 Å². The molecular formula is C10H11ClF3N3O4. The summed E-state index contributed by atoms with van der Waals surface area (Å²) in [7, 11) is 1.11. The number of nitrogens with one attached hydrogen (secondary N) is 1. The predicted octanol–water partition coefficient (Wildman–Crippen LogP) is 0.405. The molecule has 1 rings (SSSR count). The number of ether oxygens (including phenoxy) is 1. The predicted molar refractivity (Wildman–Crippen MR) is 66.1 cm³/mol. The standard InChI is InChI=1S/C10H11ClF3N3O4/c1-21-7(19)4-17-9(20)8(11)5(2-16-17)15-3-6(18)10(12,13)14/h2,6,15,18H,3-4H2,1H3. The summed E-state index contributed by atoms with van der Waals surface area (Å²) >= 11 is 5.67. The minimum atomic E-state index is -4.80. The van der Waals surface area contributed by atoms with Gasteiger partial charge in [0.15, 0.2) is 6.10 Å². The maximum Gasteiger partial charge on any atom is 0.416 e. The maximum atomic E-state index is 12.1. The molecular weight excluding hydrogens is 319 g/mol. The maximum absolute atomic E-state index is 12.1. The minimum Gasteiger partial charge on any atom is -0.468 e. The Labute approximate surface area is 121 Å². The van der Waals surface area contributed by atoms with Crippen LogP contribution in [0.2, 0.25) is 5.02 Å². The van der Waals surface area contributed by atoms with Crippen LogP contribution in [0.4, 0.5) is 18.9 Å². The van der Waals surface area contributed by atoms with Crippen molar-refractivity contribution in [3.8, 4) is 0 Å². The third kappa shape index (κ3) is 4.60. The molecule has 0 amide bonds. The van der Waals surface area contributed by atoms with Crippen molar-refractivity contribution in [1.29, 1.82) is 0 Å². The second-order valence-electron chi connectivity index (χ2n) is 3.85. The second-order valence-corrected chi connectivity index (χ2v) is 4.23. The molecule has 0 saturated carbocycles. The zero-order chi connectivity index (χ0) is 16.2. The van der Waals surface area contributed by atoms with Crippen LogP contribution in [0.25, 0.3) is 0 Å². The normalized spacial score (nSPS) is 12.9. The monoisotopic (exact) mass is 329 g/mol. The van der Waals surface area contributed by atoms with Gasteiger partial charge in [0, 0.05) is 6.54 Å². The molecule has 0 aliphatic rings. The lowest BCUT2D eigenvalue weighted by atomic mass is 10.3. The minimum absolute atomic E-state index is 0.189. The fourth-order valence-electron chi connectivity index (χ4n) is 1.21. The van der Waals surface area contributed by atoms with E-state index < -0.39 is 41.9 Å². The summed E-state index contributed by atoms with van der Waals surface area (Å²) in [5.41, 5.74) is -1.07. The van der Waals surface area contributed by atoms with E-state index in [4.69, 9.17) is 16.7 Å². The number of anilines is 1. The van der Waals surface area contributed by atoms with Crippen molar-refractivity contribution in [2.24, 2.45) is 0 Å². The number of carbonyl (C=O) groups is 1. The molecule has 0 radical (unpaired) electrons. The first kappa shape index (κ1) is 17.2. The molecule has 0 spiro atoms. The van der Waals surface area contributed by atoms with E-state index in [-0.39, 0.29) is 5.69 Å². The molecule has 2 N–H and O–H groups in total. The number of aliphatic hydroxyl groups is 1. The highest BCUT2D eigenvalue weighted by molar-refractivity contribution is 6.32. The molecule has 1 heterocycles. The van der Waals surface area contributed by atoms with Crippen LogP contribution < -0.4 is 10.9 Å². The highest BCUT2D eigenvalue weighted by atomic mass is 35.5. The van der Waals surface area contributed by atoms with Crippen molar-refractivity contribution in [2.45, 2.75) is 18.8 Å². The van der Waals surface area contributed by atoms with E-state index in [9.17, 15) is 22.8 Å². The number of methoxy groups -OCH3 is 1. The number of rotatable bonds is 5. The molecule has 0 aliphatic heterocycles. The average Bonchev–Trinajstić information content (AvgIpc) is 2.41. The van der Waals surface area contributed by atoms with Crippen LogP contribution in [-0.2, 0) is 16.1 Å². The van der Waals surface area contributed by atoms with Gasteiger partial charge < -0.3 is 15.2 Å². The van der Waals surface area contributed by atoms with Gasteiger partial charge in [-0.1, -0.05) is 11.6 Å². The van der Waals surface area contributed by atoms with Gasteiger partial charge in [0.25, 0.3) is 5.56 Å². The Hall–Kier alpha value is -1.81. The molecule has 1 aromatic heterocycles. The summed E-state index contributed by atoms with van der Waals surface area (Å²) in [5, 5.41) is 14.1. The highest BCUT2D eigenvalue weighted by Crippen LogP contribution is 2.21. The number of nitrogens with zero attached hydrogens (tertiary/aromatic N) is 2. The third-order valence-corrected chi connectivity index (χ3v) is 2.72. The van der Waals surface area contributed by atoms with Gasteiger partial charge >= 0.3 is 12.1 Å². The number of alkyl halides is 3. The number of aliphatic hydroxyl groups excluding tert-OH is 1. The first-order valence-electron chi connectivity index (χ1n) is 5.48. The topological polar surface area (TPSA) is 93.5 Å². The lowest BCUT2D eigenvalue weighted by Crippen LogP contribution is -2.35. The molecule has 0 saturated heterocycles. The molecule has 7 nitrogen and oxygen atoms in total. The molecule has 1 unspecified atom stereocenters. The van der Waals surface area contributed by atoms with E-state index in [0.29, 0.717) is 4.68 Å². The van der Waals surface area contributed by atoms with E-state index in [1.54, 1.807) is 0 Å². The van der Waals surface area contributed by atoms with Crippen molar-refractivity contribution < 1.29 is 27.8 Å². The molecule has 21 heavy (non-hydrogen) atoms. The van der Waals surface area contributed by atoms with E-state index >= 15 is 0 Å². The first-order chi connectivity index (χ1) is 9.66. The third-order valence-electron chi connectivity index (χ3n) is 2.36. The molecule has 11 heteroatoms. The zero-order valence-electron chi connectivity index (χ0n) is 10.6. The van der Waals surface area contributed by atoms with Gasteiger partial charge in [-0.2, -0.15) is 18.3 Å². The van der Waals surface area contributed by atoms with Crippen molar-refractivity contribution in [2.75, 3.05) is 19.0 Å². The second kappa shape index (κ2) is 6.76. The Balaban J connectivity index is 2.85. The van der Waals surface area contributed by atoms with Crippen molar-refractivity contribution in [3.05, 3.63) is 21.6 Å². The van der Waals surface area contributed by atoms with Gasteiger partial charge in [0.05, 0.1) is 19.0 Å². The largest absolute Gasteiger partial charge is 0.468 e. The average molecular weight is 330 g/mol. The van der Waals surface area contributed by atoms with Crippen molar-refractivity contribution in [1.82, 2.24) is 9.78 Å². The molecule has 1 atom stereocenters. The quantitative estimate of drug-likeness (QED) is 0.760. The molecule has 0 fully saturated rings. The van der Waals surface area contributed by atoms with E-state index in [1.807, 2.05) is 0 Å². The lowest BCUT2D eigenvalue weighted by Gasteiger charge is -2.16. The Bertz CT molecular complexity index is 576. The van der Waals surface area contributed by atoms with Crippen LogP contribution in [0, 0.1) is 0 Å². The molecule has 0 bridgehead atoms. The zero-order valence-corrected chi connectivity index (χ0v) is 11.4. The summed E-state index contributed by atoms with van der Waals surface area (Å²) in [5.74, 6) is -0.742. The number of carbonyl (C=O) groups excluding carboxylic acids is 1. The Morgan fingerprint density at radius 2 is 2.24 bits per heavy atom. The van der Waals surface area contributed by atoms with Gasteiger partial charge in [0.2, 0.25) is 0 Å². The molecule has 0 aromatic carbocycles. The summed E-state index contributed by atoms with van der Waals surface area (Å²) in [6, 6.07) is 0. The summed E-state index contributed by atoms with van der Waals surface area (Å²) in [6.07, 6.45) is -6.45. The van der Waals surface area contributed by atoms with Crippen LogP contribution in [0.1, 0.15) is 0 Å². The molecule has 1 aromatic rings. The van der Waals surface area contributed by atoms with Crippen LogP contribution in [0.3, 0.4) is 0 Å². The van der Waals surface area contributed by atoms with E-state index in [0.717, 1.165) is 13.3 Å². The van der Waals surface area contributed by atoms with Gasteiger partial charge in [-0.15, -0.1) is 0 Å². The smallest absolute Gasteiger partial charge is 0.416 e. The fraction of sp³-hybridized carbons (Fsp3) is 0.500. The first-order valence-corrected chi connectivity index (χ1v) is 5.85. The van der Waals surface area contributed by atoms with Gasteiger partial charge in [0.1, 0.15) is 11.6 Å². The number of hydrogen-bond acceptors (Lipinski definition) is 6. The number of aromatic nitrogens is 2. The number of esters is 1. The van der Waals surface area contributed by atoms with Crippen LogP contribution in [0.15, 0.2) is 11.0 Å². The SMILES string of the molecule is COC(=O)Cn1ncc(NCC(O)C(F)(F)F)c(Cl)c1=O. The summed E-state index contributed by atoms with van der Waals surface area (Å²) in [4.78, 5) is 22.7. The van der Waals surface area contributed by atoms with Crippen molar-refractivity contribution >= 4 is 23.3 Å². The number of hydrogen-bond donors (Lipinski definition) is 2. The van der Waals surface area contributed by atoms with E-state index in [2.05, 4.69) is 15.2 Å². The highest BCUT2D eigenvalue weighted by Gasteiger charge is 2.38. The lowest BCUT2D eigenvalue weighted by molar-refractivity contribution is -0.198. The number of halogens is 4. The van der Waals surface area contributed by atoms with Crippen LogP contribution in [0.5, 0.6) is 0 Å². The molecule has 0 aliphatic carbocycles. The fourth-order valence-corrected chi connectivity index (χ4v) is 1.42. The van der Waals surface area contributed by atoms with Crippen LogP contribution >= 0.6 is 11.6 Å². The van der Waals surface area contributed by atoms with E-state index in [1.165, 1.54) is 0 Å². The van der Waals surface area contributed by atoms with Gasteiger partial charge in [-0.3, -0.25) is 9.59 Å². The Morgan fingerprint density at radius 3 is 2.76 bits per heavy atom. The Kier molecular flexibility index (Phi) is 5.55. The van der Waals surface area contributed by atoms with Crippen LogP contribution in [-0.4, -0.2) is 46.8 Å². The summed E-state index contributed by atoms with van der Waals surface area (Å²) in [6.45, 7) is -1.38. The van der Waals surface area contributed by atoms with Gasteiger partial charge in [-0.25, -0.2) is 4.68 Å². The van der Waals surface area contributed by atoms with Gasteiger partial charge in [-0.05, 0) is 0 Å². The Morgan fingerprint density at radius 1 is 1.62 bits per heavy atom. The molecule has 118 valence electrons.